The first-order valence-electron chi connectivity index (χ1n) is 5.76. The SMILES string of the molecule is O=C(NC1=CC(=O)[C@@H]2O[C@@H]2C1O)c1ccccc1O. The lowest BCUT2D eigenvalue weighted by molar-refractivity contribution is -0.116. The third kappa shape index (κ3) is 2.00. The number of carbonyl (C=O) groups excluding carboxylic acids is 2. The first kappa shape index (κ1) is 11.9. The van der Waals surface area contributed by atoms with E-state index >= 15 is 0 Å². The van der Waals surface area contributed by atoms with E-state index in [4.69, 9.17) is 4.74 Å². The van der Waals surface area contributed by atoms with Crippen molar-refractivity contribution in [1.29, 1.82) is 0 Å². The molecule has 0 aromatic heterocycles. The fraction of sp³-hybridized carbons (Fsp3) is 0.231. The highest BCUT2D eigenvalue weighted by Gasteiger charge is 2.53. The molecule has 6 heteroatoms. The van der Waals surface area contributed by atoms with Gasteiger partial charge < -0.3 is 20.3 Å². The maximum Gasteiger partial charge on any atom is 0.259 e. The lowest BCUT2D eigenvalue weighted by Crippen LogP contribution is -2.37. The smallest absolute Gasteiger partial charge is 0.259 e. The van der Waals surface area contributed by atoms with Gasteiger partial charge in [0.2, 0.25) is 0 Å². The average molecular weight is 261 g/mol. The minimum Gasteiger partial charge on any atom is -0.507 e. The summed E-state index contributed by atoms with van der Waals surface area (Å²) in [6.45, 7) is 0. The number of phenolic OH excluding ortho intramolecular Hbond substituents is 1. The maximum absolute atomic E-state index is 11.9. The number of rotatable bonds is 2. The first-order chi connectivity index (χ1) is 9.08. The second-order valence-electron chi connectivity index (χ2n) is 4.44. The number of ether oxygens (including phenoxy) is 1. The summed E-state index contributed by atoms with van der Waals surface area (Å²) in [5, 5.41) is 21.8. The molecule has 1 aliphatic heterocycles. The highest BCUT2D eigenvalue weighted by atomic mass is 16.6. The molecule has 1 aliphatic carbocycles. The number of benzene rings is 1. The number of fused-ring (bicyclic) bond motifs is 1. The molecule has 2 aliphatic rings. The summed E-state index contributed by atoms with van der Waals surface area (Å²) in [7, 11) is 0. The van der Waals surface area contributed by atoms with Crippen LogP contribution in [0.2, 0.25) is 0 Å². The van der Waals surface area contributed by atoms with Crippen LogP contribution in [0.25, 0.3) is 0 Å². The number of hydrogen-bond donors (Lipinski definition) is 3. The van der Waals surface area contributed by atoms with E-state index in [1.165, 1.54) is 12.1 Å². The normalized spacial score (nSPS) is 28.4. The molecule has 0 spiro atoms. The van der Waals surface area contributed by atoms with Gasteiger partial charge in [0.05, 0.1) is 11.3 Å². The lowest BCUT2D eigenvalue weighted by Gasteiger charge is -2.17. The van der Waals surface area contributed by atoms with Gasteiger partial charge in [0, 0.05) is 6.08 Å². The zero-order valence-corrected chi connectivity index (χ0v) is 9.74. The van der Waals surface area contributed by atoms with Crippen LogP contribution in [-0.2, 0) is 9.53 Å². The van der Waals surface area contributed by atoms with Crippen molar-refractivity contribution >= 4 is 11.7 Å². The number of epoxide rings is 1. The third-order valence-electron chi connectivity index (χ3n) is 3.14. The molecular formula is C13H11NO5. The Hall–Kier alpha value is -2.18. The molecule has 98 valence electrons. The van der Waals surface area contributed by atoms with E-state index in [0.29, 0.717) is 0 Å². The minimum absolute atomic E-state index is 0.0712. The van der Waals surface area contributed by atoms with Crippen molar-refractivity contribution in [3.05, 3.63) is 41.6 Å². The van der Waals surface area contributed by atoms with Crippen LogP contribution in [0.3, 0.4) is 0 Å². The number of aromatic hydroxyl groups is 1. The summed E-state index contributed by atoms with van der Waals surface area (Å²) in [5.41, 5.74) is 0.166. The highest BCUT2D eigenvalue weighted by molar-refractivity contribution is 6.01. The summed E-state index contributed by atoms with van der Waals surface area (Å²) in [5.74, 6) is -1.03. The number of phenols is 1. The van der Waals surface area contributed by atoms with Gasteiger partial charge in [0.1, 0.15) is 24.1 Å². The highest BCUT2D eigenvalue weighted by Crippen LogP contribution is 2.33. The molecule has 1 amide bonds. The van der Waals surface area contributed by atoms with Gasteiger partial charge in [-0.25, -0.2) is 0 Å². The zero-order chi connectivity index (χ0) is 13.6. The number of amides is 1. The number of carbonyl (C=O) groups is 2. The Morgan fingerprint density at radius 1 is 1.32 bits per heavy atom. The van der Waals surface area contributed by atoms with Crippen molar-refractivity contribution in [3.8, 4) is 5.75 Å². The van der Waals surface area contributed by atoms with Gasteiger partial charge in [-0.1, -0.05) is 12.1 Å². The molecule has 6 nitrogen and oxygen atoms in total. The van der Waals surface area contributed by atoms with Crippen molar-refractivity contribution in [2.75, 3.05) is 0 Å². The number of hydrogen-bond acceptors (Lipinski definition) is 5. The fourth-order valence-corrected chi connectivity index (χ4v) is 2.06. The molecule has 19 heavy (non-hydrogen) atoms. The van der Waals surface area contributed by atoms with Gasteiger partial charge in [-0.15, -0.1) is 0 Å². The van der Waals surface area contributed by atoms with Gasteiger partial charge in [-0.2, -0.15) is 0 Å². The molecule has 1 aromatic rings. The van der Waals surface area contributed by atoms with Gasteiger partial charge in [-0.3, -0.25) is 9.59 Å². The number of aliphatic hydroxyl groups is 1. The molecule has 1 unspecified atom stereocenters. The Morgan fingerprint density at radius 3 is 2.79 bits per heavy atom. The Balaban J connectivity index is 1.80. The molecule has 1 fully saturated rings. The number of ketones is 1. The van der Waals surface area contributed by atoms with E-state index in [1.54, 1.807) is 12.1 Å². The van der Waals surface area contributed by atoms with Gasteiger partial charge in [-0.05, 0) is 12.1 Å². The molecule has 3 rings (SSSR count). The number of nitrogens with one attached hydrogen (secondary N) is 1. The maximum atomic E-state index is 11.9. The first-order valence-corrected chi connectivity index (χ1v) is 5.76. The van der Waals surface area contributed by atoms with Crippen LogP contribution in [0.5, 0.6) is 5.75 Å². The standard InChI is InChI=1S/C13H11NO5/c15-8-4-2-1-3-6(8)13(18)14-7-5-9(16)11-12(19-11)10(7)17/h1-5,10-12,15,17H,(H,14,18)/t10?,11-,12+/m0/s1. The van der Waals surface area contributed by atoms with Crippen LogP contribution < -0.4 is 5.32 Å². The van der Waals surface area contributed by atoms with E-state index in [2.05, 4.69) is 5.32 Å². The fourth-order valence-electron chi connectivity index (χ4n) is 2.06. The van der Waals surface area contributed by atoms with Crippen molar-refractivity contribution in [3.63, 3.8) is 0 Å². The van der Waals surface area contributed by atoms with Crippen LogP contribution in [0.15, 0.2) is 36.0 Å². The Kier molecular flexibility index (Phi) is 2.62. The van der Waals surface area contributed by atoms with Crippen LogP contribution in [0, 0.1) is 0 Å². The summed E-state index contributed by atoms with van der Waals surface area (Å²) in [6.07, 6.45) is -1.02. The molecule has 1 heterocycles. The Labute approximate surface area is 108 Å². The predicted octanol–water partition coefficient (Wildman–Crippen LogP) is -0.283. The molecule has 0 radical (unpaired) electrons. The molecule has 1 aromatic carbocycles. The van der Waals surface area contributed by atoms with E-state index in [0.717, 1.165) is 6.08 Å². The minimum atomic E-state index is -1.03. The molecule has 0 bridgehead atoms. The average Bonchev–Trinajstić information content (AvgIpc) is 3.17. The van der Waals surface area contributed by atoms with E-state index in [-0.39, 0.29) is 22.8 Å². The van der Waals surface area contributed by atoms with E-state index < -0.39 is 24.2 Å². The summed E-state index contributed by atoms with van der Waals surface area (Å²) in [4.78, 5) is 23.4. The Bertz CT molecular complexity index is 594. The van der Waals surface area contributed by atoms with Gasteiger partial charge in [0.25, 0.3) is 5.91 Å². The zero-order valence-electron chi connectivity index (χ0n) is 9.74. The Morgan fingerprint density at radius 2 is 2.05 bits per heavy atom. The van der Waals surface area contributed by atoms with Gasteiger partial charge >= 0.3 is 0 Å². The van der Waals surface area contributed by atoms with Crippen molar-refractivity contribution in [1.82, 2.24) is 5.32 Å². The second kappa shape index (κ2) is 4.18. The topological polar surface area (TPSA) is 99.2 Å². The summed E-state index contributed by atoms with van der Waals surface area (Å²) in [6, 6.07) is 6.02. The molecule has 3 atom stereocenters. The van der Waals surface area contributed by atoms with Crippen LogP contribution in [0.4, 0.5) is 0 Å². The molecule has 1 saturated heterocycles. The number of aliphatic hydroxyl groups excluding tert-OH is 1. The van der Waals surface area contributed by atoms with Crippen LogP contribution in [-0.4, -0.2) is 40.2 Å². The molecule has 3 N–H and O–H groups in total. The lowest BCUT2D eigenvalue weighted by atomic mass is 10.0. The molecule has 0 saturated carbocycles. The third-order valence-corrected chi connectivity index (χ3v) is 3.14. The van der Waals surface area contributed by atoms with Crippen LogP contribution >= 0.6 is 0 Å². The van der Waals surface area contributed by atoms with Crippen molar-refractivity contribution < 1.29 is 24.5 Å². The largest absolute Gasteiger partial charge is 0.507 e. The summed E-state index contributed by atoms with van der Waals surface area (Å²) < 4.78 is 4.99. The predicted molar refractivity (Wildman–Crippen MR) is 63.3 cm³/mol. The molecular weight excluding hydrogens is 250 g/mol. The van der Waals surface area contributed by atoms with Crippen molar-refractivity contribution in [2.24, 2.45) is 0 Å². The quantitative estimate of drug-likeness (QED) is 0.636. The van der Waals surface area contributed by atoms with E-state index in [1.807, 2.05) is 0 Å². The van der Waals surface area contributed by atoms with E-state index in [9.17, 15) is 19.8 Å². The van der Waals surface area contributed by atoms with Crippen LogP contribution in [0.1, 0.15) is 10.4 Å². The second-order valence-corrected chi connectivity index (χ2v) is 4.44. The number of para-hydroxylation sites is 1. The monoisotopic (exact) mass is 261 g/mol. The summed E-state index contributed by atoms with van der Waals surface area (Å²) >= 11 is 0. The van der Waals surface area contributed by atoms with Crippen molar-refractivity contribution in [2.45, 2.75) is 18.3 Å². The van der Waals surface area contributed by atoms with Gasteiger partial charge in [0.15, 0.2) is 5.78 Å².